The molecular formula is C16H24FNO2. The third-order valence-electron chi connectivity index (χ3n) is 3.72. The SMILES string of the molecule is CCNCc1cc(F)cc(OC2CCCCCC2O)c1. The summed E-state index contributed by atoms with van der Waals surface area (Å²) in [4.78, 5) is 0. The van der Waals surface area contributed by atoms with Crippen LogP contribution < -0.4 is 10.1 Å². The summed E-state index contributed by atoms with van der Waals surface area (Å²) in [7, 11) is 0. The predicted octanol–water partition coefficient (Wildman–Crippen LogP) is 3.01. The molecule has 4 heteroatoms. The van der Waals surface area contributed by atoms with E-state index in [9.17, 15) is 9.50 Å². The molecule has 0 aliphatic heterocycles. The summed E-state index contributed by atoms with van der Waals surface area (Å²) < 4.78 is 19.4. The zero-order valence-corrected chi connectivity index (χ0v) is 12.1. The van der Waals surface area contributed by atoms with Crippen LogP contribution >= 0.6 is 0 Å². The van der Waals surface area contributed by atoms with Crippen LogP contribution in [0.5, 0.6) is 5.75 Å². The third kappa shape index (κ3) is 4.46. The number of hydrogen-bond acceptors (Lipinski definition) is 3. The van der Waals surface area contributed by atoms with Gasteiger partial charge in [0.1, 0.15) is 17.7 Å². The molecule has 1 aliphatic carbocycles. The van der Waals surface area contributed by atoms with Gasteiger partial charge in [-0.2, -0.15) is 0 Å². The van der Waals surface area contributed by atoms with E-state index in [4.69, 9.17) is 4.74 Å². The van der Waals surface area contributed by atoms with E-state index in [-0.39, 0.29) is 11.9 Å². The first-order chi connectivity index (χ1) is 9.69. The molecule has 0 amide bonds. The van der Waals surface area contributed by atoms with Crippen LogP contribution in [0.25, 0.3) is 0 Å². The summed E-state index contributed by atoms with van der Waals surface area (Å²) >= 11 is 0. The molecule has 0 aromatic heterocycles. The molecular weight excluding hydrogens is 257 g/mol. The normalized spacial score (nSPS) is 23.4. The van der Waals surface area contributed by atoms with E-state index >= 15 is 0 Å². The topological polar surface area (TPSA) is 41.5 Å². The first kappa shape index (κ1) is 15.3. The van der Waals surface area contributed by atoms with Crippen molar-refractivity contribution in [2.45, 2.75) is 57.8 Å². The summed E-state index contributed by atoms with van der Waals surface area (Å²) in [5.41, 5.74) is 0.866. The van der Waals surface area contributed by atoms with Crippen molar-refractivity contribution in [2.75, 3.05) is 6.54 Å². The molecule has 1 aliphatic rings. The van der Waals surface area contributed by atoms with Gasteiger partial charge in [-0.05, 0) is 43.5 Å². The van der Waals surface area contributed by atoms with Crippen LogP contribution in [0.2, 0.25) is 0 Å². The Morgan fingerprint density at radius 1 is 1.25 bits per heavy atom. The van der Waals surface area contributed by atoms with Gasteiger partial charge >= 0.3 is 0 Å². The molecule has 20 heavy (non-hydrogen) atoms. The van der Waals surface area contributed by atoms with Crippen LogP contribution in [0.4, 0.5) is 4.39 Å². The third-order valence-corrected chi connectivity index (χ3v) is 3.72. The monoisotopic (exact) mass is 281 g/mol. The highest BCUT2D eigenvalue weighted by atomic mass is 19.1. The Labute approximate surface area is 120 Å². The maximum Gasteiger partial charge on any atom is 0.127 e. The molecule has 2 unspecified atom stereocenters. The molecule has 3 nitrogen and oxygen atoms in total. The number of aliphatic hydroxyl groups is 1. The van der Waals surface area contributed by atoms with Gasteiger partial charge in [0.2, 0.25) is 0 Å². The fourth-order valence-electron chi connectivity index (χ4n) is 2.63. The van der Waals surface area contributed by atoms with Crippen molar-refractivity contribution in [2.24, 2.45) is 0 Å². The van der Waals surface area contributed by atoms with Crippen molar-refractivity contribution in [3.05, 3.63) is 29.6 Å². The molecule has 2 N–H and O–H groups in total. The number of rotatable bonds is 5. The maximum atomic E-state index is 13.6. The lowest BCUT2D eigenvalue weighted by Crippen LogP contribution is -2.30. The molecule has 112 valence electrons. The van der Waals surface area contributed by atoms with E-state index in [0.717, 1.165) is 44.2 Å². The van der Waals surface area contributed by atoms with Crippen LogP contribution in [0.1, 0.15) is 44.6 Å². The standard InChI is InChI=1S/C16H24FNO2/c1-2-18-11-12-8-13(17)10-14(9-12)20-16-7-5-3-4-6-15(16)19/h8-10,15-16,18-19H,2-7,11H2,1H3. The first-order valence-corrected chi connectivity index (χ1v) is 7.54. The Balaban J connectivity index is 2.05. The summed E-state index contributed by atoms with van der Waals surface area (Å²) in [5, 5.41) is 13.2. The summed E-state index contributed by atoms with van der Waals surface area (Å²) in [5.74, 6) is 0.224. The summed E-state index contributed by atoms with van der Waals surface area (Å²) in [6.45, 7) is 3.48. The molecule has 0 radical (unpaired) electrons. The van der Waals surface area contributed by atoms with Gasteiger partial charge in [-0.3, -0.25) is 0 Å². The van der Waals surface area contributed by atoms with Gasteiger partial charge in [-0.15, -0.1) is 0 Å². The lowest BCUT2D eigenvalue weighted by Gasteiger charge is -2.22. The number of nitrogens with one attached hydrogen (secondary N) is 1. The van der Waals surface area contributed by atoms with E-state index < -0.39 is 6.10 Å². The molecule has 1 aromatic carbocycles. The number of benzene rings is 1. The highest BCUT2D eigenvalue weighted by Gasteiger charge is 2.23. The molecule has 1 fully saturated rings. The molecule has 0 saturated heterocycles. The van der Waals surface area contributed by atoms with E-state index in [1.807, 2.05) is 13.0 Å². The van der Waals surface area contributed by atoms with Crippen molar-refractivity contribution in [1.82, 2.24) is 5.32 Å². The molecule has 1 aromatic rings. The Kier molecular flexibility index (Phi) is 5.80. The smallest absolute Gasteiger partial charge is 0.127 e. The van der Waals surface area contributed by atoms with E-state index in [1.54, 1.807) is 0 Å². The van der Waals surface area contributed by atoms with Gasteiger partial charge in [0, 0.05) is 12.6 Å². The first-order valence-electron chi connectivity index (χ1n) is 7.54. The van der Waals surface area contributed by atoms with Gasteiger partial charge in [-0.1, -0.05) is 19.8 Å². The van der Waals surface area contributed by atoms with Gasteiger partial charge in [0.05, 0.1) is 6.10 Å². The lowest BCUT2D eigenvalue weighted by molar-refractivity contribution is 0.0317. The van der Waals surface area contributed by atoms with Crippen molar-refractivity contribution < 1.29 is 14.2 Å². The molecule has 0 bridgehead atoms. The lowest BCUT2D eigenvalue weighted by atomic mass is 10.1. The van der Waals surface area contributed by atoms with Gasteiger partial charge in [-0.25, -0.2) is 4.39 Å². The average molecular weight is 281 g/mol. The second-order valence-electron chi connectivity index (χ2n) is 5.44. The highest BCUT2D eigenvalue weighted by molar-refractivity contribution is 5.30. The summed E-state index contributed by atoms with van der Waals surface area (Å²) in [6, 6.07) is 4.76. The van der Waals surface area contributed by atoms with E-state index in [1.165, 1.54) is 12.1 Å². The molecule has 0 spiro atoms. The van der Waals surface area contributed by atoms with Crippen molar-refractivity contribution >= 4 is 0 Å². The number of hydrogen-bond donors (Lipinski definition) is 2. The number of aliphatic hydroxyl groups excluding tert-OH is 1. The number of halogens is 1. The second kappa shape index (κ2) is 7.60. The van der Waals surface area contributed by atoms with E-state index in [0.29, 0.717) is 12.3 Å². The van der Waals surface area contributed by atoms with Crippen LogP contribution in [0.15, 0.2) is 18.2 Å². The van der Waals surface area contributed by atoms with Crippen LogP contribution in [-0.2, 0) is 6.54 Å². The number of ether oxygens (including phenoxy) is 1. The predicted molar refractivity (Wildman–Crippen MR) is 77.3 cm³/mol. The Bertz CT molecular complexity index is 425. The molecule has 1 saturated carbocycles. The average Bonchev–Trinajstić information content (AvgIpc) is 2.61. The fraction of sp³-hybridized carbons (Fsp3) is 0.625. The van der Waals surface area contributed by atoms with Crippen molar-refractivity contribution in [1.29, 1.82) is 0 Å². The zero-order chi connectivity index (χ0) is 14.4. The zero-order valence-electron chi connectivity index (χ0n) is 12.1. The Morgan fingerprint density at radius 2 is 2.05 bits per heavy atom. The minimum absolute atomic E-state index is 0.216. The van der Waals surface area contributed by atoms with Gasteiger partial charge < -0.3 is 15.2 Å². The summed E-state index contributed by atoms with van der Waals surface area (Å²) in [6.07, 6.45) is 4.16. The molecule has 2 rings (SSSR count). The van der Waals surface area contributed by atoms with Gasteiger partial charge in [0.15, 0.2) is 0 Å². The largest absolute Gasteiger partial charge is 0.488 e. The maximum absolute atomic E-state index is 13.6. The molecule has 2 atom stereocenters. The molecule has 0 heterocycles. The quantitative estimate of drug-likeness (QED) is 0.815. The minimum atomic E-state index is -0.446. The minimum Gasteiger partial charge on any atom is -0.488 e. The highest BCUT2D eigenvalue weighted by Crippen LogP contribution is 2.24. The van der Waals surface area contributed by atoms with Crippen LogP contribution in [0.3, 0.4) is 0 Å². The van der Waals surface area contributed by atoms with E-state index in [2.05, 4.69) is 5.32 Å². The van der Waals surface area contributed by atoms with Crippen molar-refractivity contribution in [3.8, 4) is 5.75 Å². The second-order valence-corrected chi connectivity index (χ2v) is 5.44. The Morgan fingerprint density at radius 3 is 2.85 bits per heavy atom. The van der Waals surface area contributed by atoms with Crippen LogP contribution in [0, 0.1) is 5.82 Å². The fourth-order valence-corrected chi connectivity index (χ4v) is 2.63. The van der Waals surface area contributed by atoms with Crippen molar-refractivity contribution in [3.63, 3.8) is 0 Å². The Hall–Kier alpha value is -1.13. The van der Waals surface area contributed by atoms with Crippen LogP contribution in [-0.4, -0.2) is 23.9 Å². The van der Waals surface area contributed by atoms with Gasteiger partial charge in [0.25, 0.3) is 0 Å².